The maximum absolute atomic E-state index is 6.45. The summed E-state index contributed by atoms with van der Waals surface area (Å²) in [6.07, 6.45) is 4.74. The number of fused-ring (bicyclic) bond motifs is 3. The van der Waals surface area contributed by atoms with Crippen LogP contribution in [0.3, 0.4) is 0 Å². The molecule has 3 aromatic rings. The van der Waals surface area contributed by atoms with Crippen molar-refractivity contribution in [2.45, 2.75) is 43.9 Å². The standard InChI is InChI=1S/C19H20ClN3OS/c1-11-8-19(18-12(5-6-24-19)7-16(20)25-18)9-15(22-11)14-4-2-3-13-10-21-23-17(13)14/h2-4,7,10-11,15,22H,5-6,8-9H2,1H3,(H,21,23). The third kappa shape index (κ3) is 2.53. The number of nitrogens with one attached hydrogen (secondary N) is 2. The number of benzene rings is 1. The molecule has 1 fully saturated rings. The Morgan fingerprint density at radius 1 is 1.36 bits per heavy atom. The smallest absolute Gasteiger partial charge is 0.106 e. The van der Waals surface area contributed by atoms with Crippen molar-refractivity contribution in [3.05, 3.63) is 50.8 Å². The first kappa shape index (κ1) is 15.8. The molecule has 0 radical (unpaired) electrons. The SMILES string of the molecule is CC1CC2(CC(c3cccc4cn[nH]c34)N1)OCCc1cc(Cl)sc12. The van der Waals surface area contributed by atoms with Crippen molar-refractivity contribution < 1.29 is 4.74 Å². The molecule has 1 saturated heterocycles. The average Bonchev–Trinajstić information content (AvgIpc) is 3.20. The molecule has 4 heterocycles. The fraction of sp³-hybridized carbons (Fsp3) is 0.421. The number of H-pyrrole nitrogens is 1. The van der Waals surface area contributed by atoms with Crippen molar-refractivity contribution in [2.75, 3.05) is 6.61 Å². The lowest BCUT2D eigenvalue weighted by Crippen LogP contribution is -2.49. The van der Waals surface area contributed by atoms with Gasteiger partial charge in [0, 0.05) is 28.8 Å². The zero-order valence-corrected chi connectivity index (χ0v) is 15.6. The molecule has 3 atom stereocenters. The summed E-state index contributed by atoms with van der Waals surface area (Å²) in [4.78, 5) is 1.33. The van der Waals surface area contributed by atoms with Crippen LogP contribution in [-0.4, -0.2) is 22.8 Å². The molecule has 2 aliphatic heterocycles. The van der Waals surface area contributed by atoms with Crippen LogP contribution in [0.15, 0.2) is 30.5 Å². The van der Waals surface area contributed by atoms with Crippen molar-refractivity contribution in [1.82, 2.24) is 15.5 Å². The molecule has 1 aromatic carbocycles. The van der Waals surface area contributed by atoms with Crippen LogP contribution in [0.25, 0.3) is 10.9 Å². The molecule has 4 nitrogen and oxygen atoms in total. The normalized spacial score (nSPS) is 29.2. The quantitative estimate of drug-likeness (QED) is 0.657. The van der Waals surface area contributed by atoms with Gasteiger partial charge in [-0.05, 0) is 37.0 Å². The van der Waals surface area contributed by atoms with Crippen LogP contribution in [0.1, 0.15) is 41.8 Å². The van der Waals surface area contributed by atoms with E-state index in [1.54, 1.807) is 11.3 Å². The maximum atomic E-state index is 6.45. The monoisotopic (exact) mass is 373 g/mol. The second kappa shape index (κ2) is 5.81. The molecule has 1 spiro atoms. The van der Waals surface area contributed by atoms with E-state index in [0.717, 1.165) is 41.1 Å². The molecule has 5 rings (SSSR count). The van der Waals surface area contributed by atoms with Crippen LogP contribution in [0.2, 0.25) is 4.34 Å². The second-order valence-electron chi connectivity index (χ2n) is 7.21. The van der Waals surface area contributed by atoms with Crippen LogP contribution in [-0.2, 0) is 16.8 Å². The van der Waals surface area contributed by atoms with Crippen molar-refractivity contribution in [1.29, 1.82) is 0 Å². The minimum Gasteiger partial charge on any atom is -0.369 e. The number of nitrogens with zero attached hydrogens (tertiary/aromatic N) is 1. The summed E-state index contributed by atoms with van der Waals surface area (Å²) in [7, 11) is 0. The lowest BCUT2D eigenvalue weighted by Gasteiger charge is -2.46. The Morgan fingerprint density at radius 3 is 3.20 bits per heavy atom. The number of ether oxygens (including phenoxy) is 1. The summed E-state index contributed by atoms with van der Waals surface area (Å²) >= 11 is 8.03. The lowest BCUT2D eigenvalue weighted by atomic mass is 9.78. The van der Waals surface area contributed by atoms with Gasteiger partial charge in [0.1, 0.15) is 5.60 Å². The van der Waals surface area contributed by atoms with Crippen molar-refractivity contribution in [2.24, 2.45) is 0 Å². The Morgan fingerprint density at radius 2 is 2.28 bits per heavy atom. The minimum atomic E-state index is -0.233. The van der Waals surface area contributed by atoms with Crippen LogP contribution in [0.5, 0.6) is 0 Å². The highest BCUT2D eigenvalue weighted by molar-refractivity contribution is 7.16. The Hall–Kier alpha value is -1.40. The lowest BCUT2D eigenvalue weighted by molar-refractivity contribution is -0.0953. The average molecular weight is 374 g/mol. The van der Waals surface area contributed by atoms with Gasteiger partial charge in [0.05, 0.1) is 22.7 Å². The van der Waals surface area contributed by atoms with Crippen LogP contribution >= 0.6 is 22.9 Å². The van der Waals surface area contributed by atoms with Crippen LogP contribution in [0.4, 0.5) is 0 Å². The topological polar surface area (TPSA) is 49.9 Å². The highest BCUT2D eigenvalue weighted by atomic mass is 35.5. The summed E-state index contributed by atoms with van der Waals surface area (Å²) in [6, 6.07) is 9.11. The molecule has 2 aromatic heterocycles. The van der Waals surface area contributed by atoms with Gasteiger partial charge in [0.2, 0.25) is 0 Å². The second-order valence-corrected chi connectivity index (χ2v) is 8.89. The predicted octanol–water partition coefficient (Wildman–Crippen LogP) is 4.56. The Bertz CT molecular complexity index is 936. The van der Waals surface area contributed by atoms with Gasteiger partial charge in [0.15, 0.2) is 0 Å². The van der Waals surface area contributed by atoms with Gasteiger partial charge in [-0.2, -0.15) is 5.10 Å². The van der Waals surface area contributed by atoms with E-state index in [2.05, 4.69) is 46.7 Å². The number of aromatic nitrogens is 2. The first-order valence-corrected chi connectivity index (χ1v) is 9.95. The Balaban J connectivity index is 1.59. The molecule has 6 heteroatoms. The number of hydrogen-bond acceptors (Lipinski definition) is 4. The van der Waals surface area contributed by atoms with Gasteiger partial charge in [-0.1, -0.05) is 29.8 Å². The van der Waals surface area contributed by atoms with Crippen LogP contribution < -0.4 is 5.32 Å². The maximum Gasteiger partial charge on any atom is 0.106 e. The van der Waals surface area contributed by atoms with E-state index in [1.807, 2.05) is 6.20 Å². The summed E-state index contributed by atoms with van der Waals surface area (Å²) in [5.41, 5.74) is 3.51. The summed E-state index contributed by atoms with van der Waals surface area (Å²) in [5.74, 6) is 0. The van der Waals surface area contributed by atoms with E-state index in [0.29, 0.717) is 6.04 Å². The molecule has 0 amide bonds. The Labute approximate surface area is 155 Å². The number of thiophene rings is 1. The van der Waals surface area contributed by atoms with Gasteiger partial charge >= 0.3 is 0 Å². The summed E-state index contributed by atoms with van der Waals surface area (Å²) in [5, 5.41) is 12.3. The van der Waals surface area contributed by atoms with E-state index in [-0.39, 0.29) is 11.6 Å². The number of aromatic amines is 1. The summed E-state index contributed by atoms with van der Waals surface area (Å²) < 4.78 is 7.32. The Kier molecular flexibility index (Phi) is 3.68. The predicted molar refractivity (Wildman–Crippen MR) is 101 cm³/mol. The molecule has 2 aliphatic rings. The van der Waals surface area contributed by atoms with E-state index in [9.17, 15) is 0 Å². The molecule has 130 valence electrons. The van der Waals surface area contributed by atoms with Gasteiger partial charge in [-0.3, -0.25) is 5.10 Å². The minimum absolute atomic E-state index is 0.222. The van der Waals surface area contributed by atoms with E-state index >= 15 is 0 Å². The van der Waals surface area contributed by atoms with Crippen molar-refractivity contribution in [3.8, 4) is 0 Å². The highest BCUT2D eigenvalue weighted by Crippen LogP contribution is 2.50. The largest absolute Gasteiger partial charge is 0.369 e. The number of para-hydroxylation sites is 1. The van der Waals surface area contributed by atoms with E-state index < -0.39 is 0 Å². The highest BCUT2D eigenvalue weighted by Gasteiger charge is 2.46. The first-order chi connectivity index (χ1) is 12.1. The zero-order chi connectivity index (χ0) is 17.0. The van der Waals surface area contributed by atoms with Gasteiger partial charge in [-0.25, -0.2) is 0 Å². The molecule has 3 unspecified atom stereocenters. The fourth-order valence-corrected chi connectivity index (χ4v) is 6.01. The van der Waals surface area contributed by atoms with Crippen molar-refractivity contribution >= 4 is 33.8 Å². The molecule has 0 saturated carbocycles. The molecule has 25 heavy (non-hydrogen) atoms. The van der Waals surface area contributed by atoms with E-state index in [4.69, 9.17) is 16.3 Å². The van der Waals surface area contributed by atoms with Crippen molar-refractivity contribution in [3.63, 3.8) is 0 Å². The van der Waals surface area contributed by atoms with Gasteiger partial charge < -0.3 is 10.1 Å². The molecule has 0 aliphatic carbocycles. The zero-order valence-electron chi connectivity index (χ0n) is 14.0. The third-order valence-corrected chi connectivity index (χ3v) is 6.97. The number of piperidine rings is 1. The van der Waals surface area contributed by atoms with Gasteiger partial charge in [0.25, 0.3) is 0 Å². The molecular weight excluding hydrogens is 354 g/mol. The van der Waals surface area contributed by atoms with Crippen LogP contribution in [0, 0.1) is 0 Å². The van der Waals surface area contributed by atoms with Gasteiger partial charge in [-0.15, -0.1) is 11.3 Å². The summed E-state index contributed by atoms with van der Waals surface area (Å²) in [6.45, 7) is 3.02. The molecule has 0 bridgehead atoms. The van der Waals surface area contributed by atoms with E-state index in [1.165, 1.54) is 16.0 Å². The number of rotatable bonds is 1. The molecular formula is C19H20ClN3OS. The third-order valence-electron chi connectivity index (χ3n) is 5.48. The fourth-order valence-electron chi connectivity index (χ4n) is 4.54. The number of halogens is 1. The molecule has 2 N–H and O–H groups in total. The number of hydrogen-bond donors (Lipinski definition) is 2. The first-order valence-electron chi connectivity index (χ1n) is 8.75.